The summed E-state index contributed by atoms with van der Waals surface area (Å²) in [4.78, 5) is 12.0. The van der Waals surface area contributed by atoms with Gasteiger partial charge in [-0.3, -0.25) is 4.79 Å². The molecule has 0 radical (unpaired) electrons. The molecule has 0 aliphatic heterocycles. The molecule has 0 saturated heterocycles. The molecule has 0 aliphatic carbocycles. The van der Waals surface area contributed by atoms with E-state index in [1.165, 1.54) is 0 Å². The standard InChI is InChI=1S/C13H17BrO3/c1-16-10-6-7-13(17-2)11(9-10)12(15)5-3-4-8-14/h6-7,9H,3-5,8H2,1-2H3. The number of carbonyl (C=O) groups is 1. The van der Waals surface area contributed by atoms with Gasteiger partial charge in [0.1, 0.15) is 11.5 Å². The summed E-state index contributed by atoms with van der Waals surface area (Å²) in [5.41, 5.74) is 0.599. The molecule has 0 amide bonds. The lowest BCUT2D eigenvalue weighted by atomic mass is 10.0. The number of ether oxygens (including phenoxy) is 2. The molecule has 17 heavy (non-hydrogen) atoms. The van der Waals surface area contributed by atoms with Gasteiger partial charge < -0.3 is 9.47 Å². The Morgan fingerprint density at radius 3 is 2.59 bits per heavy atom. The van der Waals surface area contributed by atoms with E-state index in [1.54, 1.807) is 32.4 Å². The predicted molar refractivity (Wildman–Crippen MR) is 71.5 cm³/mol. The van der Waals surface area contributed by atoms with E-state index in [4.69, 9.17) is 9.47 Å². The van der Waals surface area contributed by atoms with Gasteiger partial charge in [-0.2, -0.15) is 0 Å². The van der Waals surface area contributed by atoms with Crippen molar-refractivity contribution in [3.05, 3.63) is 23.8 Å². The maximum Gasteiger partial charge on any atom is 0.166 e. The first-order valence-corrected chi connectivity index (χ1v) is 6.66. The van der Waals surface area contributed by atoms with Crippen molar-refractivity contribution in [2.24, 2.45) is 0 Å². The summed E-state index contributed by atoms with van der Waals surface area (Å²) >= 11 is 3.35. The lowest BCUT2D eigenvalue weighted by Gasteiger charge is -2.09. The molecule has 0 spiro atoms. The maximum absolute atomic E-state index is 12.0. The maximum atomic E-state index is 12.0. The number of methoxy groups -OCH3 is 2. The van der Waals surface area contributed by atoms with Crippen molar-refractivity contribution >= 4 is 21.7 Å². The Hall–Kier alpha value is -1.03. The van der Waals surface area contributed by atoms with Gasteiger partial charge in [0.2, 0.25) is 0 Å². The highest BCUT2D eigenvalue weighted by molar-refractivity contribution is 9.09. The summed E-state index contributed by atoms with van der Waals surface area (Å²) in [6.45, 7) is 0. The Morgan fingerprint density at radius 1 is 1.24 bits per heavy atom. The Morgan fingerprint density at radius 2 is 2.00 bits per heavy atom. The van der Waals surface area contributed by atoms with Gasteiger partial charge in [0, 0.05) is 11.8 Å². The monoisotopic (exact) mass is 300 g/mol. The van der Waals surface area contributed by atoms with E-state index in [9.17, 15) is 4.79 Å². The smallest absolute Gasteiger partial charge is 0.166 e. The van der Waals surface area contributed by atoms with Gasteiger partial charge in [0.15, 0.2) is 5.78 Å². The second-order valence-electron chi connectivity index (χ2n) is 3.64. The van der Waals surface area contributed by atoms with E-state index in [0.29, 0.717) is 23.5 Å². The molecule has 0 saturated carbocycles. The summed E-state index contributed by atoms with van der Waals surface area (Å²) in [5, 5.41) is 0.926. The van der Waals surface area contributed by atoms with Gasteiger partial charge in [0.05, 0.1) is 19.8 Å². The largest absolute Gasteiger partial charge is 0.497 e. The third-order valence-electron chi connectivity index (χ3n) is 2.49. The van der Waals surface area contributed by atoms with Crippen LogP contribution >= 0.6 is 15.9 Å². The highest BCUT2D eigenvalue weighted by Crippen LogP contribution is 2.25. The number of unbranched alkanes of at least 4 members (excludes halogenated alkanes) is 1. The number of halogens is 1. The molecule has 0 fully saturated rings. The summed E-state index contributed by atoms with van der Waals surface area (Å²) in [5.74, 6) is 1.38. The van der Waals surface area contributed by atoms with Crippen LogP contribution in [0, 0.1) is 0 Å². The molecule has 0 aromatic heterocycles. The number of benzene rings is 1. The Labute approximate surface area is 110 Å². The van der Waals surface area contributed by atoms with Crippen LogP contribution in [0.25, 0.3) is 0 Å². The summed E-state index contributed by atoms with van der Waals surface area (Å²) in [7, 11) is 3.15. The van der Waals surface area contributed by atoms with Gasteiger partial charge in [-0.15, -0.1) is 0 Å². The second kappa shape index (κ2) is 7.33. The molecule has 1 aromatic carbocycles. The molecule has 1 rings (SSSR count). The van der Waals surface area contributed by atoms with Crippen molar-refractivity contribution in [2.75, 3.05) is 19.5 Å². The zero-order chi connectivity index (χ0) is 12.7. The van der Waals surface area contributed by atoms with E-state index in [1.807, 2.05) is 0 Å². The first-order chi connectivity index (χ1) is 8.22. The second-order valence-corrected chi connectivity index (χ2v) is 4.43. The first-order valence-electron chi connectivity index (χ1n) is 5.54. The van der Waals surface area contributed by atoms with Crippen LogP contribution in [0.3, 0.4) is 0 Å². The fourth-order valence-corrected chi connectivity index (χ4v) is 1.94. The fourth-order valence-electron chi connectivity index (χ4n) is 1.55. The third kappa shape index (κ3) is 4.04. The number of ketones is 1. The van der Waals surface area contributed by atoms with Crippen LogP contribution in [0.4, 0.5) is 0 Å². The van der Waals surface area contributed by atoms with Crippen molar-refractivity contribution < 1.29 is 14.3 Å². The fraction of sp³-hybridized carbons (Fsp3) is 0.462. The number of carbonyl (C=O) groups excluding carboxylic acids is 1. The zero-order valence-corrected chi connectivity index (χ0v) is 11.7. The molecule has 0 atom stereocenters. The third-order valence-corrected chi connectivity index (χ3v) is 3.06. The van der Waals surface area contributed by atoms with Crippen LogP contribution < -0.4 is 9.47 Å². The van der Waals surface area contributed by atoms with Crippen molar-refractivity contribution in [3.63, 3.8) is 0 Å². The molecule has 0 unspecified atom stereocenters. The van der Waals surface area contributed by atoms with E-state index < -0.39 is 0 Å². The van der Waals surface area contributed by atoms with Gasteiger partial charge in [-0.1, -0.05) is 15.9 Å². The highest BCUT2D eigenvalue weighted by atomic mass is 79.9. The average molecular weight is 301 g/mol. The van der Waals surface area contributed by atoms with Crippen LogP contribution in [0.1, 0.15) is 29.6 Å². The summed E-state index contributed by atoms with van der Waals surface area (Å²) < 4.78 is 10.3. The average Bonchev–Trinajstić information content (AvgIpc) is 2.38. The molecule has 0 bridgehead atoms. The van der Waals surface area contributed by atoms with E-state index >= 15 is 0 Å². The lowest BCUT2D eigenvalue weighted by molar-refractivity contribution is 0.0976. The van der Waals surface area contributed by atoms with Crippen LogP contribution in [0.15, 0.2) is 18.2 Å². The number of hydrogen-bond acceptors (Lipinski definition) is 3. The van der Waals surface area contributed by atoms with Crippen LogP contribution in [0.2, 0.25) is 0 Å². The lowest BCUT2D eigenvalue weighted by Crippen LogP contribution is -2.03. The molecule has 4 heteroatoms. The summed E-state index contributed by atoms with van der Waals surface area (Å²) in [6.07, 6.45) is 2.41. The number of hydrogen-bond donors (Lipinski definition) is 0. The molecular formula is C13H17BrO3. The number of Topliss-reactive ketones (excluding diaryl/α,β-unsaturated/α-hetero) is 1. The van der Waals surface area contributed by atoms with Gasteiger partial charge in [0.25, 0.3) is 0 Å². The van der Waals surface area contributed by atoms with Crippen LogP contribution in [0.5, 0.6) is 11.5 Å². The number of rotatable bonds is 7. The van der Waals surface area contributed by atoms with Crippen molar-refractivity contribution in [3.8, 4) is 11.5 Å². The minimum Gasteiger partial charge on any atom is -0.497 e. The van der Waals surface area contributed by atoms with E-state index in [-0.39, 0.29) is 5.78 Å². The van der Waals surface area contributed by atoms with Gasteiger partial charge in [-0.05, 0) is 31.0 Å². The van der Waals surface area contributed by atoms with Gasteiger partial charge >= 0.3 is 0 Å². The summed E-state index contributed by atoms with van der Waals surface area (Å²) in [6, 6.07) is 5.28. The van der Waals surface area contributed by atoms with Crippen LogP contribution in [-0.4, -0.2) is 25.3 Å². The molecule has 0 heterocycles. The Bertz CT molecular complexity index is 377. The quantitative estimate of drug-likeness (QED) is 0.439. The molecular weight excluding hydrogens is 284 g/mol. The van der Waals surface area contributed by atoms with Crippen molar-refractivity contribution in [1.29, 1.82) is 0 Å². The molecule has 94 valence electrons. The first kappa shape index (κ1) is 14.0. The minimum absolute atomic E-state index is 0.0988. The van der Waals surface area contributed by atoms with E-state index in [2.05, 4.69) is 15.9 Å². The molecule has 0 aliphatic rings. The van der Waals surface area contributed by atoms with Crippen molar-refractivity contribution in [2.45, 2.75) is 19.3 Å². The number of alkyl halides is 1. The minimum atomic E-state index is 0.0988. The highest BCUT2D eigenvalue weighted by Gasteiger charge is 2.13. The Balaban J connectivity index is 2.82. The topological polar surface area (TPSA) is 35.5 Å². The zero-order valence-electron chi connectivity index (χ0n) is 10.2. The van der Waals surface area contributed by atoms with Gasteiger partial charge in [-0.25, -0.2) is 0 Å². The van der Waals surface area contributed by atoms with E-state index in [0.717, 1.165) is 18.2 Å². The normalized spacial score (nSPS) is 10.1. The van der Waals surface area contributed by atoms with Crippen LogP contribution in [-0.2, 0) is 0 Å². The molecule has 0 N–H and O–H groups in total. The SMILES string of the molecule is COc1ccc(OC)c(C(=O)CCCCBr)c1. The van der Waals surface area contributed by atoms with Crippen molar-refractivity contribution in [1.82, 2.24) is 0 Å². The predicted octanol–water partition coefficient (Wildman–Crippen LogP) is 3.45. The Kier molecular flexibility index (Phi) is 6.05. The molecule has 3 nitrogen and oxygen atoms in total. The molecule has 1 aromatic rings.